The molecule has 0 spiro atoms. The van der Waals surface area contributed by atoms with Crippen LogP contribution in [0.25, 0.3) is 10.9 Å². The predicted octanol–water partition coefficient (Wildman–Crippen LogP) is 5.74. The molecule has 0 aliphatic rings. The fourth-order valence-electron chi connectivity index (χ4n) is 3.95. The molecular weight excluding hydrogens is 494 g/mol. The number of carbonyl (C=O) groups excluding carboxylic acids is 1. The van der Waals surface area contributed by atoms with E-state index < -0.39 is 10.0 Å². The summed E-state index contributed by atoms with van der Waals surface area (Å²) in [6.07, 6.45) is 2.10. The number of amides is 1. The minimum Gasteiger partial charge on any atom is -0.468 e. The lowest BCUT2D eigenvalue weighted by Crippen LogP contribution is -2.25. The fourth-order valence-corrected chi connectivity index (χ4v) is 5.95. The van der Waals surface area contributed by atoms with Crippen LogP contribution in [0.3, 0.4) is 0 Å². The molecule has 0 aliphatic heterocycles. The maximum absolute atomic E-state index is 13.0. The predicted molar refractivity (Wildman–Crippen MR) is 144 cm³/mol. The minimum atomic E-state index is -3.71. The zero-order valence-corrected chi connectivity index (χ0v) is 22.3. The Kier molecular flexibility index (Phi) is 7.82. The van der Waals surface area contributed by atoms with Gasteiger partial charge in [0.25, 0.3) is 0 Å². The average molecular weight is 524 g/mol. The minimum absolute atomic E-state index is 0.0602. The van der Waals surface area contributed by atoms with Crippen molar-refractivity contribution in [2.75, 3.05) is 5.32 Å². The summed E-state index contributed by atoms with van der Waals surface area (Å²) >= 11 is 1.43. The summed E-state index contributed by atoms with van der Waals surface area (Å²) < 4.78 is 32.7. The molecule has 0 bridgehead atoms. The maximum Gasteiger partial charge on any atom is 0.240 e. The van der Waals surface area contributed by atoms with Crippen molar-refractivity contribution in [3.63, 3.8) is 0 Å². The Labute approximate surface area is 215 Å². The van der Waals surface area contributed by atoms with Crippen molar-refractivity contribution >= 4 is 44.3 Å². The molecule has 0 saturated heterocycles. The van der Waals surface area contributed by atoms with Crippen molar-refractivity contribution in [1.82, 2.24) is 9.71 Å². The van der Waals surface area contributed by atoms with Gasteiger partial charge in [-0.1, -0.05) is 30.3 Å². The summed E-state index contributed by atoms with van der Waals surface area (Å²) in [6, 6.07) is 15.8. The number of furan rings is 1. The van der Waals surface area contributed by atoms with E-state index in [1.807, 2.05) is 13.0 Å². The Bertz CT molecular complexity index is 1480. The number of fused-ring (bicyclic) bond motifs is 1. The third-order valence-corrected chi connectivity index (χ3v) is 8.51. The zero-order chi connectivity index (χ0) is 25.9. The third kappa shape index (κ3) is 5.98. The van der Waals surface area contributed by atoms with E-state index in [0.717, 1.165) is 27.1 Å². The molecule has 0 radical (unpaired) electrons. The molecule has 9 heteroatoms. The van der Waals surface area contributed by atoms with Crippen molar-refractivity contribution in [3.8, 4) is 0 Å². The number of benzene rings is 2. The highest BCUT2D eigenvalue weighted by atomic mass is 32.2. The van der Waals surface area contributed by atoms with Crippen LogP contribution in [0.15, 0.2) is 75.2 Å². The number of pyridine rings is 1. The van der Waals surface area contributed by atoms with E-state index >= 15 is 0 Å². The second-order valence-electron chi connectivity index (χ2n) is 8.69. The highest BCUT2D eigenvalue weighted by Gasteiger charge is 2.20. The Balaban J connectivity index is 1.44. The molecule has 1 amide bonds. The number of sulfonamides is 1. The van der Waals surface area contributed by atoms with Gasteiger partial charge in [0.15, 0.2) is 0 Å². The summed E-state index contributed by atoms with van der Waals surface area (Å²) in [5.74, 6) is 0.362. The Morgan fingerprint density at radius 3 is 2.47 bits per heavy atom. The van der Waals surface area contributed by atoms with Crippen LogP contribution in [-0.4, -0.2) is 24.6 Å². The lowest BCUT2D eigenvalue weighted by molar-refractivity contribution is -0.115. The molecule has 2 N–H and O–H groups in total. The first-order chi connectivity index (χ1) is 17.2. The number of aryl methyl sites for hydroxylation is 3. The summed E-state index contributed by atoms with van der Waals surface area (Å²) in [6.45, 7) is 8.21. The number of aromatic nitrogens is 1. The lowest BCUT2D eigenvalue weighted by atomic mass is 10.0. The van der Waals surface area contributed by atoms with Crippen LogP contribution in [0, 0.1) is 20.8 Å². The van der Waals surface area contributed by atoms with Crippen molar-refractivity contribution in [2.24, 2.45) is 0 Å². The molecule has 1 unspecified atom stereocenters. The smallest absolute Gasteiger partial charge is 0.240 e. The van der Waals surface area contributed by atoms with Crippen LogP contribution < -0.4 is 10.0 Å². The van der Waals surface area contributed by atoms with Crippen LogP contribution in [0.5, 0.6) is 0 Å². The largest absolute Gasteiger partial charge is 0.468 e. The monoisotopic (exact) mass is 523 g/mol. The summed E-state index contributed by atoms with van der Waals surface area (Å²) in [7, 11) is -3.71. The van der Waals surface area contributed by atoms with Crippen LogP contribution in [0.2, 0.25) is 0 Å². The molecule has 2 heterocycles. The van der Waals surface area contributed by atoms with E-state index in [0.29, 0.717) is 17.9 Å². The molecular formula is C27H29N3O4S2. The van der Waals surface area contributed by atoms with E-state index in [1.54, 1.807) is 24.3 Å². The molecule has 4 rings (SSSR count). The van der Waals surface area contributed by atoms with E-state index in [9.17, 15) is 13.2 Å². The van der Waals surface area contributed by atoms with Gasteiger partial charge in [-0.3, -0.25) is 4.79 Å². The lowest BCUT2D eigenvalue weighted by Gasteiger charge is -2.16. The molecule has 7 nitrogen and oxygen atoms in total. The van der Waals surface area contributed by atoms with Crippen LogP contribution in [-0.2, 0) is 21.4 Å². The molecule has 0 aliphatic carbocycles. The normalized spacial score (nSPS) is 12.6. The zero-order valence-electron chi connectivity index (χ0n) is 20.7. The molecule has 188 valence electrons. The molecule has 4 aromatic rings. The van der Waals surface area contributed by atoms with E-state index in [1.165, 1.54) is 35.7 Å². The summed E-state index contributed by atoms with van der Waals surface area (Å²) in [5.41, 5.74) is 4.92. The number of anilines is 1. The van der Waals surface area contributed by atoms with Crippen LogP contribution in [0.1, 0.15) is 35.8 Å². The molecule has 36 heavy (non-hydrogen) atoms. The molecule has 0 fully saturated rings. The average Bonchev–Trinajstić information content (AvgIpc) is 3.36. The number of nitrogens with one attached hydrogen (secondary N) is 2. The summed E-state index contributed by atoms with van der Waals surface area (Å²) in [5, 5.41) is 4.48. The summed E-state index contributed by atoms with van der Waals surface area (Å²) in [4.78, 5) is 18.0. The first-order valence-electron chi connectivity index (χ1n) is 11.6. The van der Waals surface area contributed by atoms with Gasteiger partial charge in [0.05, 0.1) is 33.5 Å². The molecule has 2 aromatic carbocycles. The number of nitrogens with zero attached hydrogens (tertiary/aromatic N) is 1. The van der Waals surface area contributed by atoms with Crippen molar-refractivity contribution in [2.45, 2.75) is 55.8 Å². The van der Waals surface area contributed by atoms with E-state index in [-0.39, 0.29) is 22.6 Å². The van der Waals surface area contributed by atoms with Crippen LogP contribution >= 0.6 is 11.8 Å². The first kappa shape index (κ1) is 25.9. The van der Waals surface area contributed by atoms with E-state index in [4.69, 9.17) is 9.40 Å². The van der Waals surface area contributed by atoms with Gasteiger partial charge in [0.2, 0.25) is 15.9 Å². The van der Waals surface area contributed by atoms with E-state index in [2.05, 4.69) is 42.9 Å². The second kappa shape index (κ2) is 10.9. The number of hydrogen-bond donors (Lipinski definition) is 2. The molecule has 1 atom stereocenters. The number of thioether (sulfide) groups is 1. The Morgan fingerprint density at radius 2 is 1.81 bits per heavy atom. The van der Waals surface area contributed by atoms with Crippen molar-refractivity contribution in [1.29, 1.82) is 0 Å². The highest BCUT2D eigenvalue weighted by Crippen LogP contribution is 2.30. The van der Waals surface area contributed by atoms with Gasteiger partial charge in [0, 0.05) is 11.1 Å². The maximum atomic E-state index is 13.0. The van der Waals surface area contributed by atoms with Gasteiger partial charge < -0.3 is 9.73 Å². The quantitative estimate of drug-likeness (QED) is 0.271. The fraction of sp³-hybridized carbons (Fsp3) is 0.259. The van der Waals surface area contributed by atoms with Gasteiger partial charge in [-0.05, 0) is 86.8 Å². The van der Waals surface area contributed by atoms with Crippen molar-refractivity contribution < 1.29 is 17.6 Å². The van der Waals surface area contributed by atoms with Gasteiger partial charge in [-0.15, -0.1) is 0 Å². The highest BCUT2D eigenvalue weighted by molar-refractivity contribution is 8.00. The second-order valence-corrected chi connectivity index (χ2v) is 11.7. The Hall–Kier alpha value is -3.14. The van der Waals surface area contributed by atoms with Gasteiger partial charge in [-0.2, -0.15) is 0 Å². The first-order valence-corrected chi connectivity index (χ1v) is 14.0. The topological polar surface area (TPSA) is 101 Å². The van der Waals surface area contributed by atoms with Gasteiger partial charge in [0.1, 0.15) is 5.76 Å². The molecule has 2 aromatic heterocycles. The standard InChI is InChI=1S/C27H29N3O4S2/c1-5-24(35-25-15-18(3)23-14-17(2)13-19(4)26(23)30-25)27(31)29-20-8-10-22(11-9-20)36(32,33)28-16-21-7-6-12-34-21/h6-15,24,28H,5,16H2,1-4H3,(H,29,31). The SMILES string of the molecule is CCC(Sc1cc(C)c2cc(C)cc(C)c2n1)C(=O)Nc1ccc(S(=O)(=O)NCc2ccco2)cc1. The number of hydrogen-bond acceptors (Lipinski definition) is 6. The third-order valence-electron chi connectivity index (χ3n) is 5.81. The van der Waals surface area contributed by atoms with Crippen molar-refractivity contribution in [3.05, 3.63) is 83.3 Å². The Morgan fingerprint density at radius 1 is 1.06 bits per heavy atom. The number of carbonyl (C=O) groups is 1. The van der Waals surface area contributed by atoms with Gasteiger partial charge in [-0.25, -0.2) is 18.1 Å². The number of rotatable bonds is 9. The molecule has 0 saturated carbocycles. The van der Waals surface area contributed by atoms with Gasteiger partial charge >= 0.3 is 0 Å². The van der Waals surface area contributed by atoms with Crippen LogP contribution in [0.4, 0.5) is 5.69 Å².